The molecule has 0 aromatic heterocycles. The average molecular weight is 174 g/mol. The van der Waals surface area contributed by atoms with E-state index in [2.05, 4.69) is 0 Å². The van der Waals surface area contributed by atoms with E-state index < -0.39 is 0 Å². The Morgan fingerprint density at radius 3 is 2.92 bits per heavy atom. The molecule has 0 bridgehead atoms. The van der Waals surface area contributed by atoms with Crippen LogP contribution in [0, 0.1) is 5.92 Å². The normalized spacial score (nSPS) is 16.6. The van der Waals surface area contributed by atoms with Crippen LogP contribution in [0.15, 0.2) is 24.3 Å². The third kappa shape index (κ3) is 2.25. The highest BCUT2D eigenvalue weighted by Gasteiger charge is 2.18. The van der Waals surface area contributed by atoms with Gasteiger partial charge < -0.3 is 9.47 Å². The fraction of sp³-hybridized carbons (Fsp3) is 0.400. The first-order valence-electron chi connectivity index (χ1n) is 4.40. The molecule has 0 spiro atoms. The summed E-state index contributed by atoms with van der Waals surface area (Å²) < 4.78 is 10.6. The first kappa shape index (κ1) is 8.63. The first-order chi connectivity index (χ1) is 6.34. The third-order valence-corrected chi connectivity index (χ3v) is 2.05. The van der Waals surface area contributed by atoms with Crippen molar-refractivity contribution in [2.24, 2.45) is 5.92 Å². The van der Waals surface area contributed by atoms with Crippen molar-refractivity contribution in [1.29, 1.82) is 0 Å². The van der Waals surface area contributed by atoms with Gasteiger partial charge in [-0.25, -0.2) is 0 Å². The van der Waals surface area contributed by atoms with E-state index in [9.17, 15) is 0 Å². The van der Waals surface area contributed by atoms with Gasteiger partial charge in [0.1, 0.15) is 13.6 Å². The zero-order valence-corrected chi connectivity index (χ0v) is 7.40. The van der Waals surface area contributed by atoms with Crippen molar-refractivity contribution in [3.05, 3.63) is 24.3 Å². The molecule has 1 aromatic rings. The lowest BCUT2D eigenvalue weighted by molar-refractivity contribution is -0.0508. The van der Waals surface area contributed by atoms with Gasteiger partial charge in [-0.1, -0.05) is 17.6 Å². The van der Waals surface area contributed by atoms with Gasteiger partial charge in [0.05, 0.1) is 19.8 Å². The van der Waals surface area contributed by atoms with Crippen LogP contribution in [0.1, 0.15) is 0 Å². The molecule has 0 aliphatic carbocycles. The molecule has 66 valence electrons. The van der Waals surface area contributed by atoms with Crippen LogP contribution in [0.3, 0.4) is 0 Å². The van der Waals surface area contributed by atoms with E-state index in [1.54, 1.807) is 0 Å². The molecular formula is C10H11BO2. The fourth-order valence-electron chi connectivity index (χ4n) is 1.20. The van der Waals surface area contributed by atoms with Crippen molar-refractivity contribution in [3.8, 4) is 5.75 Å². The standard InChI is InChI=1S/C10H11BO2/c11-9-2-1-3-10(4-9)13-7-8-5-12-6-8/h1-4,8H,5-7H2. The molecule has 2 rings (SSSR count). The van der Waals surface area contributed by atoms with Crippen molar-refractivity contribution in [3.63, 3.8) is 0 Å². The maximum atomic E-state index is 5.61. The Morgan fingerprint density at radius 2 is 2.31 bits per heavy atom. The monoisotopic (exact) mass is 174 g/mol. The SMILES string of the molecule is [B]c1cccc(OCC2COC2)c1. The van der Waals surface area contributed by atoms with Gasteiger partial charge in [-0.05, 0) is 12.1 Å². The Balaban J connectivity index is 1.86. The molecular weight excluding hydrogens is 163 g/mol. The molecule has 3 heteroatoms. The molecule has 1 aliphatic heterocycles. The van der Waals surface area contributed by atoms with Gasteiger partial charge in [0.15, 0.2) is 0 Å². The Bertz CT molecular complexity index is 284. The molecule has 1 fully saturated rings. The molecule has 1 saturated heterocycles. The Labute approximate surface area is 79.3 Å². The van der Waals surface area contributed by atoms with Crippen LogP contribution in [-0.2, 0) is 4.74 Å². The van der Waals surface area contributed by atoms with E-state index in [0.717, 1.165) is 31.0 Å². The smallest absolute Gasteiger partial charge is 0.118 e. The second kappa shape index (κ2) is 3.84. The van der Waals surface area contributed by atoms with Crippen LogP contribution >= 0.6 is 0 Å². The fourth-order valence-corrected chi connectivity index (χ4v) is 1.20. The van der Waals surface area contributed by atoms with Gasteiger partial charge in [-0.15, -0.1) is 0 Å². The first-order valence-corrected chi connectivity index (χ1v) is 4.40. The second-order valence-electron chi connectivity index (χ2n) is 3.29. The summed E-state index contributed by atoms with van der Waals surface area (Å²) in [4.78, 5) is 0. The number of rotatable bonds is 3. The molecule has 0 unspecified atom stereocenters. The van der Waals surface area contributed by atoms with Crippen molar-refractivity contribution in [2.45, 2.75) is 0 Å². The summed E-state index contributed by atoms with van der Waals surface area (Å²) >= 11 is 0. The van der Waals surface area contributed by atoms with Crippen molar-refractivity contribution >= 4 is 13.3 Å². The van der Waals surface area contributed by atoms with E-state index in [0.29, 0.717) is 5.92 Å². The zero-order valence-electron chi connectivity index (χ0n) is 7.40. The maximum absolute atomic E-state index is 5.61. The lowest BCUT2D eigenvalue weighted by atomic mass is 9.96. The number of ether oxygens (including phenoxy) is 2. The molecule has 1 aliphatic rings. The predicted molar refractivity (Wildman–Crippen MR) is 51.6 cm³/mol. The van der Waals surface area contributed by atoms with E-state index in [4.69, 9.17) is 17.3 Å². The highest BCUT2D eigenvalue weighted by atomic mass is 16.5. The minimum atomic E-state index is 0.557. The summed E-state index contributed by atoms with van der Waals surface area (Å²) in [5.41, 5.74) is 0.738. The average Bonchev–Trinajstić information content (AvgIpc) is 2.01. The summed E-state index contributed by atoms with van der Waals surface area (Å²) in [6, 6.07) is 7.48. The number of hydrogen-bond acceptors (Lipinski definition) is 2. The van der Waals surface area contributed by atoms with Crippen LogP contribution in [0.4, 0.5) is 0 Å². The molecule has 0 amide bonds. The minimum Gasteiger partial charge on any atom is -0.493 e. The van der Waals surface area contributed by atoms with Crippen LogP contribution in [-0.4, -0.2) is 27.7 Å². The topological polar surface area (TPSA) is 18.5 Å². The second-order valence-corrected chi connectivity index (χ2v) is 3.29. The van der Waals surface area contributed by atoms with Gasteiger partial charge in [-0.3, -0.25) is 0 Å². The molecule has 2 nitrogen and oxygen atoms in total. The molecule has 0 atom stereocenters. The van der Waals surface area contributed by atoms with E-state index in [1.807, 2.05) is 24.3 Å². The minimum absolute atomic E-state index is 0.557. The van der Waals surface area contributed by atoms with Crippen LogP contribution in [0.5, 0.6) is 5.75 Å². The molecule has 13 heavy (non-hydrogen) atoms. The van der Waals surface area contributed by atoms with Gasteiger partial charge in [0.2, 0.25) is 0 Å². The van der Waals surface area contributed by atoms with E-state index in [-0.39, 0.29) is 0 Å². The van der Waals surface area contributed by atoms with Gasteiger partial charge >= 0.3 is 0 Å². The largest absolute Gasteiger partial charge is 0.493 e. The maximum Gasteiger partial charge on any atom is 0.118 e. The molecule has 0 saturated carbocycles. The quantitative estimate of drug-likeness (QED) is 0.621. The van der Waals surface area contributed by atoms with Gasteiger partial charge in [0.25, 0.3) is 0 Å². The molecule has 2 radical (unpaired) electrons. The highest BCUT2D eigenvalue weighted by molar-refractivity contribution is 6.32. The van der Waals surface area contributed by atoms with Crippen LogP contribution < -0.4 is 10.2 Å². The molecule has 1 aromatic carbocycles. The van der Waals surface area contributed by atoms with Crippen molar-refractivity contribution in [2.75, 3.05) is 19.8 Å². The Hall–Kier alpha value is -0.955. The lowest BCUT2D eigenvalue weighted by Gasteiger charge is -2.25. The van der Waals surface area contributed by atoms with Crippen molar-refractivity contribution in [1.82, 2.24) is 0 Å². The lowest BCUT2D eigenvalue weighted by Crippen LogP contribution is -2.32. The summed E-state index contributed by atoms with van der Waals surface area (Å²) in [6.07, 6.45) is 0. The Morgan fingerprint density at radius 1 is 1.46 bits per heavy atom. The van der Waals surface area contributed by atoms with Crippen LogP contribution in [0.25, 0.3) is 0 Å². The molecule has 0 N–H and O–H groups in total. The number of hydrogen-bond donors (Lipinski definition) is 0. The molecule has 1 heterocycles. The summed E-state index contributed by atoms with van der Waals surface area (Å²) in [6.45, 7) is 2.37. The highest BCUT2D eigenvalue weighted by Crippen LogP contribution is 2.13. The zero-order chi connectivity index (χ0) is 9.10. The summed E-state index contributed by atoms with van der Waals surface area (Å²) in [5, 5.41) is 0. The third-order valence-electron chi connectivity index (χ3n) is 2.05. The number of benzene rings is 1. The van der Waals surface area contributed by atoms with E-state index >= 15 is 0 Å². The van der Waals surface area contributed by atoms with Gasteiger partial charge in [-0.2, -0.15) is 0 Å². The Kier molecular flexibility index (Phi) is 2.55. The van der Waals surface area contributed by atoms with Crippen molar-refractivity contribution < 1.29 is 9.47 Å². The summed E-state index contributed by atoms with van der Waals surface area (Å²) in [5.74, 6) is 1.40. The van der Waals surface area contributed by atoms with E-state index in [1.165, 1.54) is 0 Å². The summed E-state index contributed by atoms with van der Waals surface area (Å²) in [7, 11) is 5.61. The predicted octanol–water partition coefficient (Wildman–Crippen LogP) is 0.506. The van der Waals surface area contributed by atoms with Gasteiger partial charge in [0, 0.05) is 5.92 Å². The van der Waals surface area contributed by atoms with Crippen LogP contribution in [0.2, 0.25) is 0 Å².